The molecule has 144 valence electrons. The highest BCUT2D eigenvalue weighted by atomic mass is 32.3. The molecule has 0 bridgehead atoms. The van der Waals surface area contributed by atoms with Crippen LogP contribution in [0.15, 0.2) is 63.4 Å². The molecule has 11 heteroatoms. The predicted molar refractivity (Wildman–Crippen MR) is 102 cm³/mol. The topological polar surface area (TPSA) is 109 Å². The van der Waals surface area contributed by atoms with Gasteiger partial charge in [0.2, 0.25) is 0 Å². The lowest BCUT2D eigenvalue weighted by atomic mass is 10.3. The average molecular weight is 409 g/mol. The second kappa shape index (κ2) is 7.35. The largest absolute Gasteiger partial charge is 0.329 e. The maximum absolute atomic E-state index is 13.3. The fourth-order valence-electron chi connectivity index (χ4n) is 2.50. The number of hydrogen-bond donors (Lipinski definition) is 1. The Balaban J connectivity index is 1.98. The van der Waals surface area contributed by atoms with Crippen molar-refractivity contribution in [2.75, 3.05) is 14.1 Å². The summed E-state index contributed by atoms with van der Waals surface area (Å²) in [4.78, 5) is 0.306. The zero-order valence-corrected chi connectivity index (χ0v) is 16.7. The molecule has 2 aromatic heterocycles. The first kappa shape index (κ1) is 19.4. The molecule has 9 nitrogen and oxygen atoms in total. The summed E-state index contributed by atoms with van der Waals surface area (Å²) in [7, 11) is -4.55. The lowest BCUT2D eigenvalue weighted by molar-refractivity contribution is 0.557. The lowest BCUT2D eigenvalue weighted by Gasteiger charge is -2.18. The molecule has 0 amide bonds. The van der Waals surface area contributed by atoms with Gasteiger partial charge >= 0.3 is 10.2 Å². The van der Waals surface area contributed by atoms with Crippen molar-refractivity contribution < 1.29 is 12.6 Å². The molecule has 0 radical (unpaired) electrons. The van der Waals surface area contributed by atoms with Crippen LogP contribution in [0.5, 0.6) is 0 Å². The minimum Gasteiger partial charge on any atom is -0.285 e. The summed E-state index contributed by atoms with van der Waals surface area (Å²) in [6.07, 6.45) is 1.74. The number of hydrogen-bond acceptors (Lipinski definition) is 5. The molecule has 1 N–H and O–H groups in total. The summed E-state index contributed by atoms with van der Waals surface area (Å²) in [5, 5.41) is 8.03. The number of nitrogens with zero attached hydrogens (tertiary/aromatic N) is 5. The molecule has 2 unspecified atom stereocenters. The minimum atomic E-state index is -4.25. The van der Waals surface area contributed by atoms with E-state index in [1.54, 1.807) is 60.0 Å². The quantitative estimate of drug-likeness (QED) is 0.667. The monoisotopic (exact) mass is 408 g/mol. The van der Waals surface area contributed by atoms with E-state index in [0.29, 0.717) is 16.4 Å². The van der Waals surface area contributed by atoms with Gasteiger partial charge in [0.15, 0.2) is 21.4 Å². The molecule has 0 aliphatic rings. The van der Waals surface area contributed by atoms with Crippen molar-refractivity contribution in [1.29, 1.82) is 0 Å². The molecule has 1 aromatic carbocycles. The highest BCUT2D eigenvalue weighted by Gasteiger charge is 2.24. The molecule has 0 spiro atoms. The first-order valence-corrected chi connectivity index (χ1v) is 11.0. The second-order valence-corrected chi connectivity index (χ2v) is 9.98. The van der Waals surface area contributed by atoms with E-state index >= 15 is 0 Å². The highest BCUT2D eigenvalue weighted by Crippen LogP contribution is 2.19. The van der Waals surface area contributed by atoms with Crippen LogP contribution in [-0.2, 0) is 20.1 Å². The molecule has 0 saturated carbocycles. The molecule has 3 rings (SSSR count). The van der Waals surface area contributed by atoms with E-state index in [1.165, 1.54) is 18.4 Å². The minimum absolute atomic E-state index is 0.306. The van der Waals surface area contributed by atoms with Crippen LogP contribution in [0.1, 0.15) is 18.8 Å². The normalized spacial score (nSPS) is 15.6. The SMILES string of the molecule is CC(NS(=O)(=O)N=S(=O)(c1ccccc1)N(C)C)c1nnc2ccccn12. The van der Waals surface area contributed by atoms with Gasteiger partial charge in [-0.2, -0.15) is 13.1 Å². The average Bonchev–Trinajstić information content (AvgIpc) is 3.05. The third-order valence-electron chi connectivity index (χ3n) is 3.80. The van der Waals surface area contributed by atoms with Crippen molar-refractivity contribution in [3.63, 3.8) is 0 Å². The molecule has 0 aliphatic carbocycles. The number of rotatable bonds is 6. The summed E-state index contributed by atoms with van der Waals surface area (Å²) >= 11 is 0. The Bertz CT molecular complexity index is 1170. The molecule has 2 atom stereocenters. The Labute approximate surface area is 158 Å². The summed E-state index contributed by atoms with van der Waals surface area (Å²) in [5.74, 6) is 0.403. The lowest BCUT2D eigenvalue weighted by Crippen LogP contribution is -2.30. The Morgan fingerprint density at radius 2 is 1.70 bits per heavy atom. The molecule has 0 fully saturated rings. The van der Waals surface area contributed by atoms with Crippen molar-refractivity contribution in [2.24, 2.45) is 3.77 Å². The van der Waals surface area contributed by atoms with Gasteiger partial charge in [-0.05, 0) is 31.2 Å². The molecular formula is C16H20N6O3S2. The number of benzene rings is 1. The zero-order chi connectivity index (χ0) is 19.7. The van der Waals surface area contributed by atoms with Gasteiger partial charge in [-0.15, -0.1) is 10.2 Å². The third kappa shape index (κ3) is 4.00. The van der Waals surface area contributed by atoms with Gasteiger partial charge < -0.3 is 0 Å². The molecule has 0 aliphatic heterocycles. The number of fused-ring (bicyclic) bond motifs is 1. The van der Waals surface area contributed by atoms with Crippen LogP contribution in [-0.4, -0.2) is 45.6 Å². The van der Waals surface area contributed by atoms with E-state index in [9.17, 15) is 12.6 Å². The maximum Gasteiger partial charge on any atom is 0.329 e. The van der Waals surface area contributed by atoms with E-state index in [1.807, 2.05) is 6.07 Å². The third-order valence-corrected chi connectivity index (χ3v) is 7.92. The smallest absolute Gasteiger partial charge is 0.285 e. The van der Waals surface area contributed by atoms with E-state index in [4.69, 9.17) is 0 Å². The van der Waals surface area contributed by atoms with Gasteiger partial charge in [-0.1, -0.05) is 28.0 Å². The highest BCUT2D eigenvalue weighted by molar-refractivity contribution is 8.01. The van der Waals surface area contributed by atoms with Gasteiger partial charge in [0.1, 0.15) is 0 Å². The summed E-state index contributed by atoms with van der Waals surface area (Å²) in [6.45, 7) is 1.62. The summed E-state index contributed by atoms with van der Waals surface area (Å²) in [5.41, 5.74) is 0.594. The molecular weight excluding hydrogens is 388 g/mol. The summed E-state index contributed by atoms with van der Waals surface area (Å²) in [6, 6.07) is 12.9. The van der Waals surface area contributed by atoms with Crippen LogP contribution in [0.25, 0.3) is 5.65 Å². The van der Waals surface area contributed by atoms with Crippen molar-refractivity contribution >= 4 is 25.8 Å². The molecule has 2 heterocycles. The Kier molecular flexibility index (Phi) is 5.29. The van der Waals surface area contributed by atoms with Crippen molar-refractivity contribution in [1.82, 2.24) is 23.6 Å². The number of pyridine rings is 1. The van der Waals surface area contributed by atoms with Crippen LogP contribution >= 0.6 is 0 Å². The fraction of sp³-hybridized carbons (Fsp3) is 0.250. The maximum atomic E-state index is 13.3. The predicted octanol–water partition coefficient (Wildman–Crippen LogP) is 1.63. The number of nitrogens with one attached hydrogen (secondary N) is 1. The Hall–Kier alpha value is -2.34. The van der Waals surface area contributed by atoms with E-state index in [2.05, 4.69) is 18.7 Å². The van der Waals surface area contributed by atoms with E-state index in [0.717, 1.165) is 0 Å². The van der Waals surface area contributed by atoms with Crippen molar-refractivity contribution in [3.8, 4) is 0 Å². The molecule has 3 aromatic rings. The number of aromatic nitrogens is 3. The van der Waals surface area contributed by atoms with E-state index < -0.39 is 26.2 Å². The van der Waals surface area contributed by atoms with Crippen LogP contribution in [0.3, 0.4) is 0 Å². The van der Waals surface area contributed by atoms with E-state index in [-0.39, 0.29) is 0 Å². The first-order chi connectivity index (χ1) is 12.7. The van der Waals surface area contributed by atoms with Crippen LogP contribution < -0.4 is 4.72 Å². The van der Waals surface area contributed by atoms with Crippen molar-refractivity contribution in [2.45, 2.75) is 17.9 Å². The van der Waals surface area contributed by atoms with Crippen LogP contribution in [0.4, 0.5) is 0 Å². The Morgan fingerprint density at radius 1 is 1.04 bits per heavy atom. The molecule has 0 saturated heterocycles. The summed E-state index contributed by atoms with van der Waals surface area (Å²) < 4.78 is 47.6. The standard InChI is InChI=1S/C16H20N6O3S2/c1-13(16-18-17-15-11-7-8-12-22(15)16)19-27(24,25)20-26(23,21(2)3)14-9-5-4-6-10-14/h4-13,19H,1-3H3. The van der Waals surface area contributed by atoms with Gasteiger partial charge in [-0.3, -0.25) is 4.40 Å². The fourth-order valence-corrected chi connectivity index (χ4v) is 6.10. The zero-order valence-electron chi connectivity index (χ0n) is 15.1. The van der Waals surface area contributed by atoms with Gasteiger partial charge in [0.25, 0.3) is 0 Å². The van der Waals surface area contributed by atoms with Gasteiger partial charge in [-0.25, -0.2) is 8.51 Å². The first-order valence-electron chi connectivity index (χ1n) is 8.06. The van der Waals surface area contributed by atoms with Gasteiger partial charge in [0.05, 0.1) is 10.9 Å². The van der Waals surface area contributed by atoms with Crippen molar-refractivity contribution in [3.05, 3.63) is 60.6 Å². The van der Waals surface area contributed by atoms with Crippen LogP contribution in [0.2, 0.25) is 0 Å². The molecule has 27 heavy (non-hydrogen) atoms. The van der Waals surface area contributed by atoms with Crippen LogP contribution in [0, 0.1) is 0 Å². The van der Waals surface area contributed by atoms with Gasteiger partial charge in [0, 0.05) is 20.3 Å². The second-order valence-electron chi connectivity index (χ2n) is 6.00. The Morgan fingerprint density at radius 3 is 2.37 bits per heavy atom.